The van der Waals surface area contributed by atoms with Crippen molar-refractivity contribution in [3.05, 3.63) is 0 Å². The number of fused-ring (bicyclic) bond motifs is 1. The summed E-state index contributed by atoms with van der Waals surface area (Å²) in [4.78, 5) is 0. The maximum Gasteiger partial charge on any atom is 0.221 e. The van der Waals surface area contributed by atoms with E-state index in [0.717, 1.165) is 0 Å². The second-order valence-corrected chi connectivity index (χ2v) is 8.12. The van der Waals surface area contributed by atoms with E-state index in [9.17, 15) is 8.42 Å². The summed E-state index contributed by atoms with van der Waals surface area (Å²) in [7, 11) is -3.20. The van der Waals surface area contributed by atoms with E-state index in [1.54, 1.807) is 4.31 Å². The lowest BCUT2D eigenvalue weighted by Gasteiger charge is -2.32. The Morgan fingerprint density at radius 1 is 1.12 bits per heavy atom. The first kappa shape index (κ1) is 11.9. The molecule has 6 heteroatoms. The predicted molar refractivity (Wildman–Crippen MR) is 62.1 cm³/mol. The topological polar surface area (TPSA) is 55.8 Å². The van der Waals surface area contributed by atoms with Crippen molar-refractivity contribution < 1.29 is 17.9 Å². The number of hydrogen-bond acceptors (Lipinski definition) is 4. The summed E-state index contributed by atoms with van der Waals surface area (Å²) in [6.45, 7) is 6.80. The molecule has 0 bridgehead atoms. The summed E-state index contributed by atoms with van der Waals surface area (Å²) in [5, 5.41) is -0.336. The summed E-state index contributed by atoms with van der Waals surface area (Å²) in [5.41, 5.74) is 0.0127. The zero-order chi connectivity index (χ0) is 12.3. The summed E-state index contributed by atoms with van der Waals surface area (Å²) in [5.74, 6) is 0.332. The van der Waals surface area contributed by atoms with Gasteiger partial charge < -0.3 is 9.47 Å². The van der Waals surface area contributed by atoms with Crippen molar-refractivity contribution in [2.75, 3.05) is 33.0 Å². The van der Waals surface area contributed by atoms with Crippen LogP contribution in [0.3, 0.4) is 0 Å². The molecule has 3 saturated heterocycles. The van der Waals surface area contributed by atoms with Crippen LogP contribution in [0.1, 0.15) is 13.8 Å². The lowest BCUT2D eigenvalue weighted by molar-refractivity contribution is 0.0384. The van der Waals surface area contributed by atoms with Gasteiger partial charge in [-0.2, -0.15) is 4.31 Å². The molecule has 0 radical (unpaired) electrons. The first-order valence-electron chi connectivity index (χ1n) is 6.09. The molecule has 0 aromatic rings. The van der Waals surface area contributed by atoms with E-state index in [4.69, 9.17) is 9.47 Å². The SMILES string of the molecule is CC1(C)CN(S(=O)(=O)C2COC2)[C@H]2COC[C@H]21. The van der Waals surface area contributed by atoms with Gasteiger partial charge in [0, 0.05) is 12.5 Å². The Kier molecular flexibility index (Phi) is 2.56. The van der Waals surface area contributed by atoms with Crippen LogP contribution in [0, 0.1) is 11.3 Å². The molecule has 98 valence electrons. The molecule has 0 N–H and O–H groups in total. The molecule has 3 fully saturated rings. The molecule has 2 atom stereocenters. The van der Waals surface area contributed by atoms with Gasteiger partial charge in [-0.1, -0.05) is 13.8 Å². The van der Waals surface area contributed by atoms with Crippen LogP contribution in [0.4, 0.5) is 0 Å². The van der Waals surface area contributed by atoms with Crippen molar-refractivity contribution in [3.8, 4) is 0 Å². The Morgan fingerprint density at radius 3 is 2.35 bits per heavy atom. The highest BCUT2D eigenvalue weighted by molar-refractivity contribution is 7.89. The van der Waals surface area contributed by atoms with E-state index in [2.05, 4.69) is 13.8 Å². The highest BCUT2D eigenvalue weighted by atomic mass is 32.2. The zero-order valence-corrected chi connectivity index (χ0v) is 11.1. The zero-order valence-electron chi connectivity index (χ0n) is 10.3. The van der Waals surface area contributed by atoms with E-state index in [-0.39, 0.29) is 16.7 Å². The molecule has 0 spiro atoms. The highest BCUT2D eigenvalue weighted by Gasteiger charge is 2.55. The number of nitrogens with zero attached hydrogens (tertiary/aromatic N) is 1. The van der Waals surface area contributed by atoms with Gasteiger partial charge in [-0.15, -0.1) is 0 Å². The second-order valence-electron chi connectivity index (χ2n) is 5.95. The number of sulfonamides is 1. The molecule has 3 aliphatic rings. The van der Waals surface area contributed by atoms with Crippen LogP contribution in [-0.4, -0.2) is 57.0 Å². The van der Waals surface area contributed by atoms with Crippen molar-refractivity contribution in [3.63, 3.8) is 0 Å². The van der Waals surface area contributed by atoms with E-state index in [0.29, 0.717) is 38.9 Å². The first-order valence-corrected chi connectivity index (χ1v) is 7.59. The van der Waals surface area contributed by atoms with Gasteiger partial charge in [0.2, 0.25) is 10.0 Å². The quantitative estimate of drug-likeness (QED) is 0.706. The fourth-order valence-corrected chi connectivity index (χ4v) is 5.08. The standard InChI is InChI=1S/C11H19NO4S/c1-11(2)7-12(10-6-16-5-9(10)11)17(13,14)8-3-15-4-8/h8-10H,3-7H2,1-2H3/t9-,10+/m1/s1. The fraction of sp³-hybridized carbons (Fsp3) is 1.00. The predicted octanol–water partition coefficient (Wildman–Crippen LogP) is 0.0718. The Labute approximate surface area is 102 Å². The molecule has 0 unspecified atom stereocenters. The van der Waals surface area contributed by atoms with Gasteiger partial charge in [-0.25, -0.2) is 8.42 Å². The van der Waals surface area contributed by atoms with Crippen molar-refractivity contribution in [1.29, 1.82) is 0 Å². The summed E-state index contributed by atoms with van der Waals surface area (Å²) < 4.78 is 37.0. The third kappa shape index (κ3) is 1.65. The summed E-state index contributed by atoms with van der Waals surface area (Å²) >= 11 is 0. The van der Waals surface area contributed by atoms with Gasteiger partial charge in [0.1, 0.15) is 5.25 Å². The summed E-state index contributed by atoms with van der Waals surface area (Å²) in [6.07, 6.45) is 0. The van der Waals surface area contributed by atoms with Crippen LogP contribution in [0.2, 0.25) is 0 Å². The molecule has 0 saturated carbocycles. The molecule has 0 aromatic carbocycles. The van der Waals surface area contributed by atoms with Crippen LogP contribution in [-0.2, 0) is 19.5 Å². The lowest BCUT2D eigenvalue weighted by atomic mass is 9.80. The minimum absolute atomic E-state index is 0.0127. The average molecular weight is 261 g/mol. The molecule has 3 rings (SSSR count). The Morgan fingerprint density at radius 2 is 1.76 bits per heavy atom. The minimum Gasteiger partial charge on any atom is -0.379 e. The van der Waals surface area contributed by atoms with E-state index in [1.807, 2.05) is 0 Å². The first-order chi connectivity index (χ1) is 7.93. The van der Waals surface area contributed by atoms with Crippen molar-refractivity contribution in [2.24, 2.45) is 11.3 Å². The van der Waals surface area contributed by atoms with Crippen LogP contribution < -0.4 is 0 Å². The lowest BCUT2D eigenvalue weighted by Crippen LogP contribution is -2.51. The van der Waals surface area contributed by atoms with Crippen LogP contribution in [0.25, 0.3) is 0 Å². The number of hydrogen-bond donors (Lipinski definition) is 0. The minimum atomic E-state index is -3.20. The molecule has 3 aliphatic heterocycles. The fourth-order valence-electron chi connectivity index (χ4n) is 3.07. The van der Waals surface area contributed by atoms with Gasteiger partial charge in [0.15, 0.2) is 0 Å². The second kappa shape index (κ2) is 3.66. The molecule has 17 heavy (non-hydrogen) atoms. The average Bonchev–Trinajstić information content (AvgIpc) is 2.65. The monoisotopic (exact) mass is 261 g/mol. The Balaban J connectivity index is 1.89. The van der Waals surface area contributed by atoms with Gasteiger partial charge in [-0.3, -0.25) is 0 Å². The largest absolute Gasteiger partial charge is 0.379 e. The molecule has 5 nitrogen and oxygen atoms in total. The third-order valence-electron chi connectivity index (χ3n) is 4.34. The van der Waals surface area contributed by atoms with Crippen LogP contribution >= 0.6 is 0 Å². The molecule has 0 amide bonds. The van der Waals surface area contributed by atoms with Crippen molar-refractivity contribution in [2.45, 2.75) is 25.1 Å². The number of ether oxygens (including phenoxy) is 2. The summed E-state index contributed by atoms with van der Waals surface area (Å²) in [6, 6.07) is 0.0376. The Hall–Kier alpha value is -0.170. The van der Waals surface area contributed by atoms with Gasteiger partial charge in [0.25, 0.3) is 0 Å². The molecule has 0 aromatic heterocycles. The van der Waals surface area contributed by atoms with E-state index >= 15 is 0 Å². The molecular weight excluding hydrogens is 242 g/mol. The van der Waals surface area contributed by atoms with E-state index < -0.39 is 10.0 Å². The van der Waals surface area contributed by atoms with Gasteiger partial charge >= 0.3 is 0 Å². The van der Waals surface area contributed by atoms with Crippen molar-refractivity contribution in [1.82, 2.24) is 4.31 Å². The van der Waals surface area contributed by atoms with Gasteiger partial charge in [-0.05, 0) is 5.41 Å². The van der Waals surface area contributed by atoms with Gasteiger partial charge in [0.05, 0.1) is 32.5 Å². The smallest absolute Gasteiger partial charge is 0.221 e. The maximum atomic E-state index is 12.4. The Bertz CT molecular complexity index is 415. The third-order valence-corrected chi connectivity index (χ3v) is 6.51. The van der Waals surface area contributed by atoms with E-state index in [1.165, 1.54) is 0 Å². The van der Waals surface area contributed by atoms with Crippen LogP contribution in [0.5, 0.6) is 0 Å². The van der Waals surface area contributed by atoms with Crippen molar-refractivity contribution >= 4 is 10.0 Å². The molecule has 3 heterocycles. The maximum absolute atomic E-state index is 12.4. The number of rotatable bonds is 2. The molecular formula is C11H19NO4S. The van der Waals surface area contributed by atoms with Crippen LogP contribution in [0.15, 0.2) is 0 Å². The molecule has 0 aliphatic carbocycles. The normalized spacial score (nSPS) is 38.0. The highest BCUT2D eigenvalue weighted by Crippen LogP contribution is 2.45.